The summed E-state index contributed by atoms with van der Waals surface area (Å²) in [5, 5.41) is 0. The number of nitrogens with zero attached hydrogens (tertiary/aromatic N) is 1. The van der Waals surface area contributed by atoms with Crippen molar-refractivity contribution in [1.29, 1.82) is 0 Å². The van der Waals surface area contributed by atoms with Crippen LogP contribution in [0.25, 0.3) is 0 Å². The van der Waals surface area contributed by atoms with Crippen molar-refractivity contribution >= 4 is 15.9 Å². The summed E-state index contributed by atoms with van der Waals surface area (Å²) in [5.41, 5.74) is 1.18. The molecule has 0 aromatic heterocycles. The van der Waals surface area contributed by atoms with E-state index >= 15 is 0 Å². The number of hydrogen-bond acceptors (Lipinski definition) is 5. The Hall–Kier alpha value is -1.64. The van der Waals surface area contributed by atoms with E-state index in [1.807, 2.05) is 25.1 Å². The molecule has 1 saturated carbocycles. The summed E-state index contributed by atoms with van der Waals surface area (Å²) >= 11 is 0. The minimum absolute atomic E-state index is 0.0923. The largest absolute Gasteiger partial charge is 0.480 e. The highest BCUT2D eigenvalue weighted by atomic mass is 32.2. The number of amides is 1. The Morgan fingerprint density at radius 1 is 1.13 bits per heavy atom. The van der Waals surface area contributed by atoms with Crippen molar-refractivity contribution in [3.8, 4) is 5.75 Å². The quantitative estimate of drug-likeness (QED) is 0.787. The van der Waals surface area contributed by atoms with E-state index in [0.717, 1.165) is 37.7 Å². The van der Waals surface area contributed by atoms with Crippen LogP contribution in [0, 0.1) is 0 Å². The zero-order valence-corrected chi connectivity index (χ0v) is 18.6. The molecule has 4 aliphatic rings. The number of rotatable bonds is 3. The van der Waals surface area contributed by atoms with Gasteiger partial charge in [0, 0.05) is 12.6 Å². The first-order valence-corrected chi connectivity index (χ1v) is 12.9. The minimum atomic E-state index is -3.38. The van der Waals surface area contributed by atoms with Crippen LogP contribution in [-0.2, 0) is 19.6 Å². The molecule has 1 aromatic carbocycles. The van der Waals surface area contributed by atoms with Crippen molar-refractivity contribution in [2.75, 3.05) is 19.4 Å². The lowest BCUT2D eigenvalue weighted by Crippen LogP contribution is -2.52. The number of benzene rings is 1. The topological polar surface area (TPSA) is 84.9 Å². The average Bonchev–Trinajstić information content (AvgIpc) is 3.11. The van der Waals surface area contributed by atoms with Gasteiger partial charge in [-0.3, -0.25) is 4.79 Å². The van der Waals surface area contributed by atoms with Crippen LogP contribution in [0.15, 0.2) is 24.3 Å². The molecule has 5 rings (SSSR count). The van der Waals surface area contributed by atoms with Crippen LogP contribution in [0.3, 0.4) is 0 Å². The Balaban J connectivity index is 1.66. The van der Waals surface area contributed by atoms with Gasteiger partial charge in [-0.25, -0.2) is 13.1 Å². The fourth-order valence-corrected chi connectivity index (χ4v) is 5.92. The zero-order valence-electron chi connectivity index (χ0n) is 17.7. The van der Waals surface area contributed by atoms with Gasteiger partial charge in [-0.1, -0.05) is 25.1 Å². The second-order valence-corrected chi connectivity index (χ2v) is 10.5. The summed E-state index contributed by atoms with van der Waals surface area (Å²) in [7, 11) is -3.38. The maximum absolute atomic E-state index is 13.4. The van der Waals surface area contributed by atoms with E-state index in [0.29, 0.717) is 31.9 Å². The molecule has 2 fully saturated rings. The maximum atomic E-state index is 13.4. The van der Waals surface area contributed by atoms with Gasteiger partial charge >= 0.3 is 0 Å². The fraction of sp³-hybridized carbons (Fsp3) is 0.682. The second-order valence-electron chi connectivity index (χ2n) is 8.74. The maximum Gasteiger partial charge on any atom is 0.264 e. The molecular formula is C22H32N2O5S. The number of ether oxygens (including phenoxy) is 2. The molecule has 3 aliphatic heterocycles. The van der Waals surface area contributed by atoms with Gasteiger partial charge < -0.3 is 14.4 Å². The molecule has 1 unspecified atom stereocenters. The molecule has 8 heteroatoms. The molecule has 0 spiro atoms. The minimum Gasteiger partial charge on any atom is -0.480 e. The summed E-state index contributed by atoms with van der Waals surface area (Å²) < 4.78 is 39.0. The van der Waals surface area contributed by atoms with Crippen molar-refractivity contribution in [2.45, 2.75) is 75.7 Å². The standard InChI is InChI=1S/C22H32N2O5S/c1-3-20-22(25)24-13-12-18(23-30(2,26)27)19(24)14-28-16-10-8-15(9-11-16)17-6-4-5-7-21(17)29-20/h4-7,15-16,18-20,23H,3,8-14H2,1-2H3/t15?,16?,18-,19?,20+/m0/s1. The number of fused-ring (bicyclic) bond motifs is 5. The number of carbonyl (C=O) groups is 1. The van der Waals surface area contributed by atoms with E-state index in [4.69, 9.17) is 9.47 Å². The molecule has 1 aromatic rings. The van der Waals surface area contributed by atoms with Gasteiger partial charge in [-0.15, -0.1) is 0 Å². The van der Waals surface area contributed by atoms with Gasteiger partial charge in [-0.05, 0) is 56.1 Å². The van der Waals surface area contributed by atoms with Crippen LogP contribution in [-0.4, -0.2) is 62.9 Å². The predicted molar refractivity (Wildman–Crippen MR) is 114 cm³/mol. The number of para-hydroxylation sites is 1. The van der Waals surface area contributed by atoms with Crippen LogP contribution in [0.1, 0.15) is 56.9 Å². The van der Waals surface area contributed by atoms with Crippen molar-refractivity contribution in [2.24, 2.45) is 0 Å². The van der Waals surface area contributed by atoms with Gasteiger partial charge in [0.2, 0.25) is 10.0 Å². The lowest BCUT2D eigenvalue weighted by molar-refractivity contribution is -0.141. The van der Waals surface area contributed by atoms with Gasteiger partial charge in [0.05, 0.1) is 25.0 Å². The second kappa shape index (κ2) is 8.85. The Morgan fingerprint density at radius 3 is 2.57 bits per heavy atom. The van der Waals surface area contributed by atoms with E-state index in [-0.39, 0.29) is 24.1 Å². The molecule has 3 atom stereocenters. The molecule has 1 aliphatic carbocycles. The molecule has 1 amide bonds. The fourth-order valence-electron chi connectivity index (χ4n) is 5.09. The first kappa shape index (κ1) is 21.6. The van der Waals surface area contributed by atoms with Crippen LogP contribution < -0.4 is 9.46 Å². The van der Waals surface area contributed by atoms with Crippen molar-refractivity contribution < 1.29 is 22.7 Å². The first-order valence-electron chi connectivity index (χ1n) is 11.0. The van der Waals surface area contributed by atoms with Gasteiger partial charge in [0.25, 0.3) is 5.91 Å². The molecule has 1 N–H and O–H groups in total. The lowest BCUT2D eigenvalue weighted by Gasteiger charge is -2.32. The number of hydrogen-bond donors (Lipinski definition) is 1. The number of sulfonamides is 1. The third-order valence-corrected chi connectivity index (χ3v) is 7.38. The van der Waals surface area contributed by atoms with Gasteiger partial charge in [0.15, 0.2) is 6.10 Å². The van der Waals surface area contributed by atoms with Crippen LogP contribution in [0.5, 0.6) is 5.75 Å². The molecule has 0 radical (unpaired) electrons. The third kappa shape index (κ3) is 4.65. The van der Waals surface area contributed by atoms with Gasteiger partial charge in [0.1, 0.15) is 5.75 Å². The van der Waals surface area contributed by atoms with E-state index < -0.39 is 16.1 Å². The summed E-state index contributed by atoms with van der Waals surface area (Å²) in [5.74, 6) is 1.11. The Morgan fingerprint density at radius 2 is 1.87 bits per heavy atom. The van der Waals surface area contributed by atoms with E-state index in [2.05, 4.69) is 10.8 Å². The smallest absolute Gasteiger partial charge is 0.264 e. The Bertz CT molecular complexity index is 866. The Labute approximate surface area is 179 Å². The molecule has 3 heterocycles. The van der Waals surface area contributed by atoms with Crippen molar-refractivity contribution in [3.63, 3.8) is 0 Å². The molecule has 1 saturated heterocycles. The number of nitrogens with one attached hydrogen (secondary N) is 1. The van der Waals surface area contributed by atoms with Crippen LogP contribution >= 0.6 is 0 Å². The van der Waals surface area contributed by atoms with Crippen molar-refractivity contribution in [3.05, 3.63) is 29.8 Å². The summed E-state index contributed by atoms with van der Waals surface area (Å²) in [4.78, 5) is 15.2. The molecular weight excluding hydrogens is 404 g/mol. The number of carbonyl (C=O) groups excluding carboxylic acids is 1. The van der Waals surface area contributed by atoms with Crippen LogP contribution in [0.2, 0.25) is 0 Å². The SMILES string of the molecule is CC[C@H]1Oc2ccccc2C2CCC(CC2)OCC2[C@@H](NS(C)(=O)=O)CCN2C1=O. The monoisotopic (exact) mass is 436 g/mol. The summed E-state index contributed by atoms with van der Waals surface area (Å²) in [6.45, 7) is 2.79. The highest BCUT2D eigenvalue weighted by Crippen LogP contribution is 2.39. The summed E-state index contributed by atoms with van der Waals surface area (Å²) in [6.07, 6.45) is 5.80. The molecule has 2 bridgehead atoms. The third-order valence-electron chi connectivity index (χ3n) is 6.65. The average molecular weight is 437 g/mol. The summed E-state index contributed by atoms with van der Waals surface area (Å²) in [6, 6.07) is 7.40. The molecule has 166 valence electrons. The lowest BCUT2D eigenvalue weighted by atomic mass is 9.82. The predicted octanol–water partition coefficient (Wildman–Crippen LogP) is 2.42. The first-order chi connectivity index (χ1) is 14.4. The van der Waals surface area contributed by atoms with E-state index in [9.17, 15) is 13.2 Å². The zero-order chi connectivity index (χ0) is 21.3. The van der Waals surface area contributed by atoms with E-state index in [1.54, 1.807) is 4.90 Å². The highest BCUT2D eigenvalue weighted by Gasteiger charge is 2.42. The highest BCUT2D eigenvalue weighted by molar-refractivity contribution is 7.88. The Kier molecular flexibility index (Phi) is 6.36. The molecule has 30 heavy (non-hydrogen) atoms. The normalized spacial score (nSPS) is 32.4. The van der Waals surface area contributed by atoms with Crippen molar-refractivity contribution in [1.82, 2.24) is 9.62 Å². The van der Waals surface area contributed by atoms with E-state index in [1.165, 1.54) is 5.56 Å². The van der Waals surface area contributed by atoms with Gasteiger partial charge in [-0.2, -0.15) is 0 Å². The van der Waals surface area contributed by atoms with Crippen LogP contribution in [0.4, 0.5) is 0 Å². The molecule has 7 nitrogen and oxygen atoms in total.